The third-order valence-electron chi connectivity index (χ3n) is 4.04. The summed E-state index contributed by atoms with van der Waals surface area (Å²) in [4.78, 5) is 19.2. The second-order valence-electron chi connectivity index (χ2n) is 5.80. The Balaban J connectivity index is 1.84. The number of amides is 1. The van der Waals surface area contributed by atoms with E-state index in [-0.39, 0.29) is 5.91 Å². The van der Waals surface area contributed by atoms with Gasteiger partial charge in [-0.3, -0.25) is 9.78 Å². The van der Waals surface area contributed by atoms with Crippen LogP contribution in [0.3, 0.4) is 0 Å². The van der Waals surface area contributed by atoms with Crippen LogP contribution >= 0.6 is 0 Å². The minimum absolute atomic E-state index is 0.0814. The highest BCUT2D eigenvalue weighted by Crippen LogP contribution is 2.19. The molecule has 0 bridgehead atoms. The molecule has 114 valence electrons. The van der Waals surface area contributed by atoms with E-state index in [9.17, 15) is 4.79 Å². The van der Waals surface area contributed by atoms with Crippen molar-refractivity contribution in [1.29, 1.82) is 0 Å². The van der Waals surface area contributed by atoms with E-state index in [1.54, 1.807) is 0 Å². The van der Waals surface area contributed by atoms with E-state index in [0.717, 1.165) is 36.6 Å². The molecule has 1 aliphatic rings. The first-order chi connectivity index (χ1) is 10.6. The molecule has 1 aromatic heterocycles. The summed E-state index contributed by atoms with van der Waals surface area (Å²) in [5.41, 5.74) is 3.47. The number of carbonyl (C=O) groups is 1. The fourth-order valence-electron chi connectivity index (χ4n) is 2.84. The molecule has 0 spiro atoms. The van der Waals surface area contributed by atoms with Gasteiger partial charge in [-0.2, -0.15) is 0 Å². The number of piperazine rings is 1. The van der Waals surface area contributed by atoms with Gasteiger partial charge in [0, 0.05) is 31.2 Å². The molecule has 0 aliphatic carbocycles. The van der Waals surface area contributed by atoms with Gasteiger partial charge in [0.15, 0.2) is 0 Å². The van der Waals surface area contributed by atoms with Gasteiger partial charge in [-0.05, 0) is 26.0 Å². The first kappa shape index (κ1) is 14.7. The van der Waals surface area contributed by atoms with E-state index < -0.39 is 0 Å². The zero-order valence-corrected chi connectivity index (χ0v) is 13.0. The standard InChI is InChI=1S/C18H21N3O/c1-13-12-21(11-10-19-13)18(22)16-8-9-17(20-14(16)2)15-6-4-3-5-7-15/h3-9,13,19H,10-12H2,1-2H3/t13-/m1/s1. The predicted molar refractivity (Wildman–Crippen MR) is 87.8 cm³/mol. The maximum atomic E-state index is 12.7. The molecule has 0 radical (unpaired) electrons. The summed E-state index contributed by atoms with van der Waals surface area (Å²) in [6.45, 7) is 6.36. The minimum Gasteiger partial charge on any atom is -0.336 e. The first-order valence-electron chi connectivity index (χ1n) is 7.71. The summed E-state index contributed by atoms with van der Waals surface area (Å²) in [6.07, 6.45) is 0. The van der Waals surface area contributed by atoms with Crippen molar-refractivity contribution >= 4 is 5.91 Å². The van der Waals surface area contributed by atoms with E-state index in [2.05, 4.69) is 17.2 Å². The normalized spacial score (nSPS) is 18.3. The van der Waals surface area contributed by atoms with Gasteiger partial charge in [0.2, 0.25) is 0 Å². The Labute approximate surface area is 131 Å². The number of hydrogen-bond donors (Lipinski definition) is 1. The van der Waals surface area contributed by atoms with Gasteiger partial charge in [0.1, 0.15) is 0 Å². The van der Waals surface area contributed by atoms with Crippen molar-refractivity contribution in [2.24, 2.45) is 0 Å². The summed E-state index contributed by atoms with van der Waals surface area (Å²) in [7, 11) is 0. The molecular formula is C18H21N3O. The average Bonchev–Trinajstić information content (AvgIpc) is 2.55. The lowest BCUT2D eigenvalue weighted by atomic mass is 10.1. The first-order valence-corrected chi connectivity index (χ1v) is 7.71. The molecule has 2 heterocycles. The average molecular weight is 295 g/mol. The van der Waals surface area contributed by atoms with Crippen LogP contribution in [0.15, 0.2) is 42.5 Å². The maximum Gasteiger partial charge on any atom is 0.255 e. The molecule has 2 aromatic rings. The lowest BCUT2D eigenvalue weighted by Gasteiger charge is -2.32. The van der Waals surface area contributed by atoms with Gasteiger partial charge in [0.05, 0.1) is 17.0 Å². The molecule has 4 heteroatoms. The Hall–Kier alpha value is -2.20. The van der Waals surface area contributed by atoms with Crippen LogP contribution in [0, 0.1) is 6.92 Å². The van der Waals surface area contributed by atoms with Crippen LogP contribution in [0.1, 0.15) is 23.0 Å². The van der Waals surface area contributed by atoms with E-state index in [1.807, 2.05) is 54.3 Å². The molecule has 1 atom stereocenters. The quantitative estimate of drug-likeness (QED) is 0.926. The number of pyridine rings is 1. The second-order valence-corrected chi connectivity index (χ2v) is 5.80. The third-order valence-corrected chi connectivity index (χ3v) is 4.04. The van der Waals surface area contributed by atoms with E-state index in [4.69, 9.17) is 0 Å². The molecule has 1 N–H and O–H groups in total. The van der Waals surface area contributed by atoms with Crippen LogP contribution in [-0.2, 0) is 0 Å². The Morgan fingerprint density at radius 1 is 1.23 bits per heavy atom. The monoisotopic (exact) mass is 295 g/mol. The van der Waals surface area contributed by atoms with Crippen molar-refractivity contribution in [3.63, 3.8) is 0 Å². The van der Waals surface area contributed by atoms with Crippen molar-refractivity contribution in [3.05, 3.63) is 53.7 Å². The Kier molecular flexibility index (Phi) is 4.20. The van der Waals surface area contributed by atoms with Gasteiger partial charge in [-0.25, -0.2) is 0 Å². The molecule has 3 rings (SSSR count). The number of nitrogens with zero attached hydrogens (tertiary/aromatic N) is 2. The van der Waals surface area contributed by atoms with Gasteiger partial charge in [-0.15, -0.1) is 0 Å². The van der Waals surface area contributed by atoms with Crippen LogP contribution in [0.25, 0.3) is 11.3 Å². The summed E-state index contributed by atoms with van der Waals surface area (Å²) in [5.74, 6) is 0.0814. The number of benzene rings is 1. The molecule has 0 unspecified atom stereocenters. The number of rotatable bonds is 2. The number of aryl methyl sites for hydroxylation is 1. The van der Waals surface area contributed by atoms with Crippen LogP contribution in [0.5, 0.6) is 0 Å². The highest BCUT2D eigenvalue weighted by atomic mass is 16.2. The number of nitrogens with one attached hydrogen (secondary N) is 1. The van der Waals surface area contributed by atoms with Crippen LogP contribution in [0.4, 0.5) is 0 Å². The molecule has 1 aromatic carbocycles. The summed E-state index contributed by atoms with van der Waals surface area (Å²) in [6, 6.07) is 14.2. The van der Waals surface area contributed by atoms with Gasteiger partial charge in [-0.1, -0.05) is 30.3 Å². The third kappa shape index (κ3) is 3.02. The zero-order chi connectivity index (χ0) is 15.5. The van der Waals surface area contributed by atoms with Crippen molar-refractivity contribution in [3.8, 4) is 11.3 Å². The molecule has 1 amide bonds. The Morgan fingerprint density at radius 3 is 2.68 bits per heavy atom. The number of carbonyl (C=O) groups excluding carboxylic acids is 1. The highest BCUT2D eigenvalue weighted by Gasteiger charge is 2.23. The zero-order valence-electron chi connectivity index (χ0n) is 13.0. The summed E-state index contributed by atoms with van der Waals surface area (Å²) >= 11 is 0. The Morgan fingerprint density at radius 2 is 2.00 bits per heavy atom. The SMILES string of the molecule is Cc1nc(-c2ccccc2)ccc1C(=O)N1CCN[C@H](C)C1. The fourth-order valence-corrected chi connectivity index (χ4v) is 2.84. The summed E-state index contributed by atoms with van der Waals surface area (Å²) < 4.78 is 0. The lowest BCUT2D eigenvalue weighted by molar-refractivity contribution is 0.0708. The van der Waals surface area contributed by atoms with E-state index in [1.165, 1.54) is 0 Å². The summed E-state index contributed by atoms with van der Waals surface area (Å²) in [5, 5.41) is 3.35. The van der Waals surface area contributed by atoms with Gasteiger partial charge in [0.25, 0.3) is 5.91 Å². The Bertz CT molecular complexity index is 669. The van der Waals surface area contributed by atoms with Crippen LogP contribution in [0.2, 0.25) is 0 Å². The van der Waals surface area contributed by atoms with E-state index in [0.29, 0.717) is 11.6 Å². The highest BCUT2D eigenvalue weighted by molar-refractivity contribution is 5.95. The lowest BCUT2D eigenvalue weighted by Crippen LogP contribution is -2.51. The molecule has 1 saturated heterocycles. The minimum atomic E-state index is 0.0814. The fraction of sp³-hybridized carbons (Fsp3) is 0.333. The molecule has 1 aliphatic heterocycles. The maximum absolute atomic E-state index is 12.7. The van der Waals surface area contributed by atoms with Crippen LogP contribution in [-0.4, -0.2) is 41.5 Å². The molecule has 22 heavy (non-hydrogen) atoms. The largest absolute Gasteiger partial charge is 0.336 e. The molecular weight excluding hydrogens is 274 g/mol. The second kappa shape index (κ2) is 6.28. The van der Waals surface area contributed by atoms with Crippen LogP contribution < -0.4 is 5.32 Å². The van der Waals surface area contributed by atoms with Crippen molar-refractivity contribution in [2.75, 3.05) is 19.6 Å². The smallest absolute Gasteiger partial charge is 0.255 e. The van der Waals surface area contributed by atoms with Gasteiger partial charge >= 0.3 is 0 Å². The molecule has 1 fully saturated rings. The topological polar surface area (TPSA) is 45.2 Å². The number of aromatic nitrogens is 1. The molecule has 4 nitrogen and oxygen atoms in total. The molecule has 0 saturated carbocycles. The van der Waals surface area contributed by atoms with Gasteiger partial charge < -0.3 is 10.2 Å². The van der Waals surface area contributed by atoms with Crippen molar-refractivity contribution in [2.45, 2.75) is 19.9 Å². The predicted octanol–water partition coefficient (Wildman–Crippen LogP) is 2.49. The van der Waals surface area contributed by atoms with E-state index >= 15 is 0 Å². The van der Waals surface area contributed by atoms with Crippen molar-refractivity contribution in [1.82, 2.24) is 15.2 Å². The number of hydrogen-bond acceptors (Lipinski definition) is 3. The van der Waals surface area contributed by atoms with Crippen molar-refractivity contribution < 1.29 is 4.79 Å².